The molecule has 0 aliphatic carbocycles. The third-order valence-electron chi connectivity index (χ3n) is 5.34. The number of nitrogens with one attached hydrogen (secondary N) is 1. The number of urea groups is 1. The van der Waals surface area contributed by atoms with Gasteiger partial charge in [-0.1, -0.05) is 18.2 Å². The zero-order valence-electron chi connectivity index (χ0n) is 15.1. The normalized spacial score (nSPS) is 20.6. The van der Waals surface area contributed by atoms with E-state index in [4.69, 9.17) is 4.74 Å². The van der Waals surface area contributed by atoms with Gasteiger partial charge >= 0.3 is 12.0 Å². The van der Waals surface area contributed by atoms with Crippen LogP contribution in [0.4, 0.5) is 10.5 Å². The molecule has 4 rings (SSSR count). The SMILES string of the molecule is COC(=O)c1ccccc1NC(=O)N1C[C@H]2C[C@H](C1)c1cccc(=O)n1C2. The lowest BCUT2D eigenvalue weighted by atomic mass is 9.83. The van der Waals surface area contributed by atoms with Crippen molar-refractivity contribution in [1.29, 1.82) is 0 Å². The van der Waals surface area contributed by atoms with Gasteiger partial charge in [0.05, 0.1) is 18.4 Å². The number of carbonyl (C=O) groups excluding carboxylic acids is 2. The number of ether oxygens (including phenoxy) is 1. The Hall–Kier alpha value is -3.09. The number of para-hydroxylation sites is 1. The lowest BCUT2D eigenvalue weighted by Gasteiger charge is -2.42. The van der Waals surface area contributed by atoms with Crippen LogP contribution >= 0.6 is 0 Å². The van der Waals surface area contributed by atoms with Crippen LogP contribution < -0.4 is 10.9 Å². The minimum atomic E-state index is -0.491. The summed E-state index contributed by atoms with van der Waals surface area (Å²) < 4.78 is 6.61. The van der Waals surface area contributed by atoms with Gasteiger partial charge < -0.3 is 19.5 Å². The molecule has 0 spiro atoms. The predicted molar refractivity (Wildman–Crippen MR) is 99.9 cm³/mol. The maximum atomic E-state index is 12.8. The number of hydrogen-bond acceptors (Lipinski definition) is 4. The van der Waals surface area contributed by atoms with Gasteiger partial charge in [0, 0.05) is 37.3 Å². The number of carbonyl (C=O) groups is 2. The van der Waals surface area contributed by atoms with Crippen LogP contribution in [-0.4, -0.2) is 41.7 Å². The average molecular weight is 367 g/mol. The van der Waals surface area contributed by atoms with Crippen molar-refractivity contribution in [1.82, 2.24) is 9.47 Å². The number of benzene rings is 1. The summed E-state index contributed by atoms with van der Waals surface area (Å²) in [6.45, 7) is 1.77. The summed E-state index contributed by atoms with van der Waals surface area (Å²) >= 11 is 0. The van der Waals surface area contributed by atoms with E-state index in [0.717, 1.165) is 12.1 Å². The van der Waals surface area contributed by atoms with E-state index in [0.29, 0.717) is 30.9 Å². The van der Waals surface area contributed by atoms with E-state index in [1.807, 2.05) is 10.6 Å². The molecule has 2 bridgehead atoms. The van der Waals surface area contributed by atoms with E-state index in [1.54, 1.807) is 41.3 Å². The van der Waals surface area contributed by atoms with Crippen molar-refractivity contribution in [2.45, 2.75) is 18.9 Å². The molecular weight excluding hydrogens is 346 g/mol. The number of nitrogens with zero attached hydrogens (tertiary/aromatic N) is 2. The first kappa shape index (κ1) is 17.3. The summed E-state index contributed by atoms with van der Waals surface area (Å²) in [7, 11) is 1.31. The van der Waals surface area contributed by atoms with Crippen LogP contribution in [0.1, 0.15) is 28.4 Å². The number of aromatic nitrogens is 1. The molecule has 1 fully saturated rings. The Kier molecular flexibility index (Phi) is 4.43. The van der Waals surface area contributed by atoms with E-state index in [1.165, 1.54) is 7.11 Å². The maximum absolute atomic E-state index is 12.8. The van der Waals surface area contributed by atoms with Crippen molar-refractivity contribution in [3.05, 3.63) is 64.1 Å². The standard InChI is InChI=1S/C20H21N3O4/c1-27-19(25)15-5-2-3-6-16(15)21-20(26)22-10-13-9-14(12-22)17-7-4-8-18(24)23(17)11-13/h2-8,13-14H,9-12H2,1H3,(H,21,26)/t13-,14-/m1/s1. The number of methoxy groups -OCH3 is 1. The first-order valence-corrected chi connectivity index (χ1v) is 9.00. The average Bonchev–Trinajstić information content (AvgIpc) is 2.68. The van der Waals surface area contributed by atoms with Crippen molar-refractivity contribution < 1.29 is 14.3 Å². The lowest BCUT2D eigenvalue weighted by Crippen LogP contribution is -2.50. The Labute approximate surface area is 156 Å². The number of hydrogen-bond donors (Lipinski definition) is 1. The number of rotatable bonds is 2. The van der Waals surface area contributed by atoms with Crippen molar-refractivity contribution in [2.75, 3.05) is 25.5 Å². The first-order chi connectivity index (χ1) is 13.1. The highest BCUT2D eigenvalue weighted by atomic mass is 16.5. The molecule has 2 atom stereocenters. The molecule has 1 saturated heterocycles. The summed E-state index contributed by atoms with van der Waals surface area (Å²) in [6.07, 6.45) is 0.978. The number of pyridine rings is 1. The summed E-state index contributed by atoms with van der Waals surface area (Å²) in [5, 5.41) is 2.84. The third kappa shape index (κ3) is 3.20. The fraction of sp³-hybridized carbons (Fsp3) is 0.350. The number of likely N-dealkylation sites (tertiary alicyclic amines) is 1. The summed E-state index contributed by atoms with van der Waals surface area (Å²) in [6, 6.07) is 11.9. The fourth-order valence-electron chi connectivity index (χ4n) is 4.14. The number of esters is 1. The zero-order chi connectivity index (χ0) is 19.0. The molecule has 2 aliphatic rings. The van der Waals surface area contributed by atoms with Crippen molar-refractivity contribution in [2.24, 2.45) is 5.92 Å². The van der Waals surface area contributed by atoms with Gasteiger partial charge in [-0.2, -0.15) is 0 Å². The first-order valence-electron chi connectivity index (χ1n) is 9.00. The molecule has 3 heterocycles. The van der Waals surface area contributed by atoms with Gasteiger partial charge in [0.1, 0.15) is 0 Å². The second-order valence-corrected chi connectivity index (χ2v) is 7.07. The highest BCUT2D eigenvalue weighted by molar-refractivity contribution is 6.00. The van der Waals surface area contributed by atoms with Crippen LogP contribution in [0.3, 0.4) is 0 Å². The van der Waals surface area contributed by atoms with Gasteiger partial charge in [0.2, 0.25) is 0 Å². The Morgan fingerprint density at radius 2 is 1.89 bits per heavy atom. The molecule has 1 N–H and O–H groups in total. The molecule has 27 heavy (non-hydrogen) atoms. The molecule has 1 aromatic carbocycles. The van der Waals surface area contributed by atoms with Gasteiger partial charge in [-0.3, -0.25) is 4.79 Å². The van der Waals surface area contributed by atoms with E-state index in [9.17, 15) is 14.4 Å². The summed E-state index contributed by atoms with van der Waals surface area (Å²) in [5.74, 6) is -0.0966. The molecule has 1 aromatic heterocycles. The lowest BCUT2D eigenvalue weighted by molar-refractivity contribution is 0.0602. The number of piperidine rings is 1. The fourth-order valence-corrected chi connectivity index (χ4v) is 4.14. The Bertz CT molecular complexity index is 952. The molecule has 2 amide bonds. The van der Waals surface area contributed by atoms with Crippen LogP contribution in [0.2, 0.25) is 0 Å². The topological polar surface area (TPSA) is 80.6 Å². The van der Waals surface area contributed by atoms with Gasteiger partial charge in [0.15, 0.2) is 0 Å². The van der Waals surface area contributed by atoms with E-state index in [2.05, 4.69) is 5.32 Å². The number of amides is 2. The van der Waals surface area contributed by atoms with Gasteiger partial charge in [-0.25, -0.2) is 9.59 Å². The number of fused-ring (bicyclic) bond motifs is 4. The second-order valence-electron chi connectivity index (χ2n) is 7.07. The summed E-state index contributed by atoms with van der Waals surface area (Å²) in [4.78, 5) is 38.6. The molecular formula is C20H21N3O4. The minimum absolute atomic E-state index is 0.0205. The molecule has 0 radical (unpaired) electrons. The molecule has 2 aliphatic heterocycles. The predicted octanol–water partition coefficient (Wildman–Crippen LogP) is 2.29. The molecule has 2 aromatic rings. The highest BCUT2D eigenvalue weighted by Crippen LogP contribution is 2.35. The molecule has 7 heteroatoms. The molecule has 7 nitrogen and oxygen atoms in total. The highest BCUT2D eigenvalue weighted by Gasteiger charge is 2.36. The molecule has 0 saturated carbocycles. The van der Waals surface area contributed by atoms with Crippen LogP contribution in [0.25, 0.3) is 0 Å². The van der Waals surface area contributed by atoms with Gasteiger partial charge in [0.25, 0.3) is 5.56 Å². The molecule has 140 valence electrons. The number of anilines is 1. The van der Waals surface area contributed by atoms with E-state index >= 15 is 0 Å². The van der Waals surface area contributed by atoms with Crippen molar-refractivity contribution in [3.8, 4) is 0 Å². The van der Waals surface area contributed by atoms with Crippen LogP contribution in [0.5, 0.6) is 0 Å². The largest absolute Gasteiger partial charge is 0.465 e. The maximum Gasteiger partial charge on any atom is 0.339 e. The van der Waals surface area contributed by atoms with Crippen molar-refractivity contribution >= 4 is 17.7 Å². The van der Waals surface area contributed by atoms with Crippen molar-refractivity contribution in [3.63, 3.8) is 0 Å². The van der Waals surface area contributed by atoms with Crippen LogP contribution in [-0.2, 0) is 11.3 Å². The van der Waals surface area contributed by atoms with E-state index in [-0.39, 0.29) is 23.4 Å². The Morgan fingerprint density at radius 3 is 2.70 bits per heavy atom. The van der Waals surface area contributed by atoms with Gasteiger partial charge in [-0.05, 0) is 30.5 Å². The van der Waals surface area contributed by atoms with E-state index < -0.39 is 5.97 Å². The third-order valence-corrected chi connectivity index (χ3v) is 5.34. The van der Waals surface area contributed by atoms with Gasteiger partial charge in [-0.15, -0.1) is 0 Å². The minimum Gasteiger partial charge on any atom is -0.465 e. The molecule has 0 unspecified atom stereocenters. The summed E-state index contributed by atoms with van der Waals surface area (Å²) in [5.41, 5.74) is 1.77. The Morgan fingerprint density at radius 1 is 1.07 bits per heavy atom. The smallest absolute Gasteiger partial charge is 0.339 e. The monoisotopic (exact) mass is 367 g/mol. The Balaban J connectivity index is 1.54. The zero-order valence-corrected chi connectivity index (χ0v) is 15.1. The van der Waals surface area contributed by atoms with Crippen LogP contribution in [0, 0.1) is 5.92 Å². The van der Waals surface area contributed by atoms with Crippen LogP contribution in [0.15, 0.2) is 47.3 Å². The second kappa shape index (κ2) is 6.90. The quantitative estimate of drug-likeness (QED) is 0.826.